The molecule has 0 fully saturated rings. The Morgan fingerprint density at radius 2 is 2.00 bits per heavy atom. The number of rotatable bonds is 3. The van der Waals surface area contributed by atoms with E-state index in [1.54, 1.807) is 18.3 Å². The van der Waals surface area contributed by atoms with E-state index in [-0.39, 0.29) is 5.91 Å². The molecular formula is C15H12N4OS. The van der Waals surface area contributed by atoms with Crippen molar-refractivity contribution in [2.75, 3.05) is 5.32 Å². The fraction of sp³-hybridized carbons (Fsp3) is 0.0667. The van der Waals surface area contributed by atoms with Gasteiger partial charge >= 0.3 is 0 Å². The lowest BCUT2D eigenvalue weighted by Gasteiger charge is -2.01. The van der Waals surface area contributed by atoms with Gasteiger partial charge in [0.2, 0.25) is 0 Å². The Hall–Kier alpha value is -2.60. The van der Waals surface area contributed by atoms with Gasteiger partial charge in [-0.15, -0.1) is 11.3 Å². The first-order chi connectivity index (χ1) is 10.2. The molecule has 21 heavy (non-hydrogen) atoms. The number of aromatic nitrogens is 3. The van der Waals surface area contributed by atoms with Crippen molar-refractivity contribution in [3.63, 3.8) is 0 Å². The summed E-state index contributed by atoms with van der Waals surface area (Å²) < 4.78 is 0. The van der Waals surface area contributed by atoms with Gasteiger partial charge in [-0.2, -0.15) is 0 Å². The molecule has 1 N–H and O–H groups in total. The number of amides is 1. The molecule has 0 atom stereocenters. The molecule has 0 spiro atoms. The first kappa shape index (κ1) is 13.4. The maximum absolute atomic E-state index is 12.1. The van der Waals surface area contributed by atoms with Crippen LogP contribution in [0.5, 0.6) is 0 Å². The lowest BCUT2D eigenvalue weighted by Crippen LogP contribution is -2.13. The molecule has 0 saturated heterocycles. The van der Waals surface area contributed by atoms with Crippen molar-refractivity contribution in [3.8, 4) is 11.4 Å². The molecule has 0 saturated carbocycles. The van der Waals surface area contributed by atoms with Crippen LogP contribution in [0.1, 0.15) is 16.2 Å². The lowest BCUT2D eigenvalue weighted by molar-refractivity contribution is 0.102. The topological polar surface area (TPSA) is 67.8 Å². The number of aryl methyl sites for hydroxylation is 1. The Morgan fingerprint density at radius 1 is 1.10 bits per heavy atom. The second-order valence-corrected chi connectivity index (χ2v) is 5.23. The predicted octanol–water partition coefficient (Wildman–Crippen LogP) is 3.16. The predicted molar refractivity (Wildman–Crippen MR) is 82.3 cm³/mol. The van der Waals surface area contributed by atoms with Crippen molar-refractivity contribution < 1.29 is 4.79 Å². The molecule has 0 unspecified atom stereocenters. The van der Waals surface area contributed by atoms with Gasteiger partial charge in [0.15, 0.2) is 5.13 Å². The van der Waals surface area contributed by atoms with E-state index in [9.17, 15) is 4.79 Å². The highest BCUT2D eigenvalue weighted by Gasteiger charge is 2.11. The molecule has 1 amide bonds. The van der Waals surface area contributed by atoms with E-state index >= 15 is 0 Å². The number of carbonyl (C=O) groups excluding carboxylic acids is 1. The number of thiazole rings is 1. The summed E-state index contributed by atoms with van der Waals surface area (Å²) in [4.78, 5) is 24.9. The smallest absolute Gasteiger partial charge is 0.276 e. The molecule has 0 radical (unpaired) electrons. The van der Waals surface area contributed by atoms with Crippen molar-refractivity contribution in [2.45, 2.75) is 6.92 Å². The molecule has 0 aromatic carbocycles. The first-order valence-electron chi connectivity index (χ1n) is 6.34. The highest BCUT2D eigenvalue weighted by molar-refractivity contribution is 7.14. The number of pyridine rings is 2. The van der Waals surface area contributed by atoms with Crippen LogP contribution in [0.2, 0.25) is 0 Å². The van der Waals surface area contributed by atoms with E-state index in [0.29, 0.717) is 10.8 Å². The highest BCUT2D eigenvalue weighted by Crippen LogP contribution is 2.23. The van der Waals surface area contributed by atoms with Crippen LogP contribution >= 0.6 is 11.3 Å². The molecule has 0 aliphatic rings. The Morgan fingerprint density at radius 3 is 2.76 bits per heavy atom. The molecular weight excluding hydrogens is 284 g/mol. The molecule has 0 aliphatic carbocycles. The molecule has 5 nitrogen and oxygen atoms in total. The summed E-state index contributed by atoms with van der Waals surface area (Å²) in [5.74, 6) is -0.263. The van der Waals surface area contributed by atoms with Gasteiger partial charge in [0, 0.05) is 17.3 Å². The minimum absolute atomic E-state index is 0.263. The zero-order chi connectivity index (χ0) is 14.7. The molecule has 3 rings (SSSR count). The van der Waals surface area contributed by atoms with E-state index in [1.807, 2.05) is 36.6 Å². The molecule has 104 valence electrons. The van der Waals surface area contributed by atoms with Crippen LogP contribution in [0.4, 0.5) is 5.13 Å². The standard InChI is InChI=1S/C15H12N4OS/c1-10-5-4-7-12(17-10)14(20)19-15-18-13(9-21-15)11-6-2-3-8-16-11/h2-9H,1H3,(H,18,19,20). The van der Waals surface area contributed by atoms with Gasteiger partial charge in [-0.3, -0.25) is 15.1 Å². The number of anilines is 1. The van der Waals surface area contributed by atoms with Gasteiger partial charge in [-0.1, -0.05) is 12.1 Å². The Labute approximate surface area is 125 Å². The molecule has 3 aromatic rings. The summed E-state index contributed by atoms with van der Waals surface area (Å²) >= 11 is 1.36. The van der Waals surface area contributed by atoms with Crippen LogP contribution in [0, 0.1) is 6.92 Å². The third-order valence-corrected chi connectivity index (χ3v) is 3.53. The SMILES string of the molecule is Cc1cccc(C(=O)Nc2nc(-c3ccccn3)cs2)n1. The summed E-state index contributed by atoms with van der Waals surface area (Å²) in [7, 11) is 0. The zero-order valence-electron chi connectivity index (χ0n) is 11.3. The quantitative estimate of drug-likeness (QED) is 0.806. The number of nitrogens with zero attached hydrogens (tertiary/aromatic N) is 3. The van der Waals surface area contributed by atoms with E-state index in [4.69, 9.17) is 0 Å². The van der Waals surface area contributed by atoms with Gasteiger partial charge in [-0.25, -0.2) is 9.97 Å². The third-order valence-electron chi connectivity index (χ3n) is 2.77. The fourth-order valence-corrected chi connectivity index (χ4v) is 2.49. The van der Waals surface area contributed by atoms with Crippen molar-refractivity contribution >= 4 is 22.4 Å². The second-order valence-electron chi connectivity index (χ2n) is 4.37. The van der Waals surface area contributed by atoms with Crippen molar-refractivity contribution in [1.82, 2.24) is 15.0 Å². The van der Waals surface area contributed by atoms with Gasteiger partial charge in [0.25, 0.3) is 5.91 Å². The second kappa shape index (κ2) is 5.80. The first-order valence-corrected chi connectivity index (χ1v) is 7.22. The normalized spacial score (nSPS) is 10.3. The van der Waals surface area contributed by atoms with Gasteiger partial charge in [0.1, 0.15) is 11.4 Å². The number of nitrogens with one attached hydrogen (secondary N) is 1. The van der Waals surface area contributed by atoms with E-state index in [2.05, 4.69) is 20.3 Å². The maximum Gasteiger partial charge on any atom is 0.276 e. The minimum atomic E-state index is -0.263. The molecule has 0 aliphatic heterocycles. The van der Waals surface area contributed by atoms with Gasteiger partial charge in [-0.05, 0) is 31.2 Å². The summed E-state index contributed by atoms with van der Waals surface area (Å²) in [6.45, 7) is 1.85. The van der Waals surface area contributed by atoms with Crippen LogP contribution < -0.4 is 5.32 Å². The van der Waals surface area contributed by atoms with Gasteiger partial charge < -0.3 is 0 Å². The van der Waals surface area contributed by atoms with Crippen LogP contribution in [0.3, 0.4) is 0 Å². The van der Waals surface area contributed by atoms with E-state index in [1.165, 1.54) is 11.3 Å². The zero-order valence-corrected chi connectivity index (χ0v) is 12.1. The molecule has 6 heteroatoms. The van der Waals surface area contributed by atoms with E-state index in [0.717, 1.165) is 17.1 Å². The highest BCUT2D eigenvalue weighted by atomic mass is 32.1. The molecule has 3 heterocycles. The van der Waals surface area contributed by atoms with Crippen LogP contribution in [0.15, 0.2) is 48.0 Å². The largest absolute Gasteiger partial charge is 0.296 e. The number of carbonyl (C=O) groups is 1. The summed E-state index contributed by atoms with van der Waals surface area (Å²) in [6, 6.07) is 11.0. The summed E-state index contributed by atoms with van der Waals surface area (Å²) in [5.41, 5.74) is 2.71. The average Bonchev–Trinajstić information content (AvgIpc) is 2.97. The average molecular weight is 296 g/mol. The Bertz CT molecular complexity index is 770. The number of hydrogen-bond donors (Lipinski definition) is 1. The molecule has 3 aromatic heterocycles. The number of hydrogen-bond acceptors (Lipinski definition) is 5. The Balaban J connectivity index is 1.77. The third kappa shape index (κ3) is 3.11. The Kier molecular flexibility index (Phi) is 3.70. The minimum Gasteiger partial charge on any atom is -0.296 e. The molecule has 0 bridgehead atoms. The van der Waals surface area contributed by atoms with Crippen molar-refractivity contribution in [2.24, 2.45) is 0 Å². The lowest BCUT2D eigenvalue weighted by atomic mass is 10.3. The van der Waals surface area contributed by atoms with Gasteiger partial charge in [0.05, 0.1) is 5.69 Å². The van der Waals surface area contributed by atoms with E-state index < -0.39 is 0 Å². The monoisotopic (exact) mass is 296 g/mol. The maximum atomic E-state index is 12.1. The van der Waals surface area contributed by atoms with Crippen LogP contribution in [-0.4, -0.2) is 20.9 Å². The van der Waals surface area contributed by atoms with Crippen LogP contribution in [-0.2, 0) is 0 Å². The van der Waals surface area contributed by atoms with Crippen LogP contribution in [0.25, 0.3) is 11.4 Å². The van der Waals surface area contributed by atoms with Crippen molar-refractivity contribution in [1.29, 1.82) is 0 Å². The summed E-state index contributed by atoms with van der Waals surface area (Å²) in [5, 5.41) is 5.15. The fourth-order valence-electron chi connectivity index (χ4n) is 1.79. The van der Waals surface area contributed by atoms with Crippen molar-refractivity contribution in [3.05, 3.63) is 59.4 Å². The summed E-state index contributed by atoms with van der Waals surface area (Å²) in [6.07, 6.45) is 1.71.